The van der Waals surface area contributed by atoms with Crippen molar-refractivity contribution in [1.29, 1.82) is 0 Å². The van der Waals surface area contributed by atoms with Gasteiger partial charge in [-0.15, -0.1) is 0 Å². The van der Waals surface area contributed by atoms with Gasteiger partial charge < -0.3 is 10.4 Å². The van der Waals surface area contributed by atoms with Gasteiger partial charge in [-0.25, -0.2) is 4.39 Å². The standard InChI is InChI=1S/C15H15ClFNO/c1-15(19,11-5-3-2-4-6-11)10-18-14-8-7-12(16)9-13(14)17/h2-9,18-19H,10H2,1H3. The molecule has 1 atom stereocenters. The van der Waals surface area contributed by atoms with Crippen LogP contribution >= 0.6 is 11.6 Å². The Balaban J connectivity index is 2.09. The van der Waals surface area contributed by atoms with E-state index in [-0.39, 0.29) is 6.54 Å². The highest BCUT2D eigenvalue weighted by molar-refractivity contribution is 6.30. The highest BCUT2D eigenvalue weighted by atomic mass is 35.5. The molecule has 2 aromatic rings. The van der Waals surface area contributed by atoms with E-state index in [2.05, 4.69) is 5.32 Å². The number of halogens is 2. The van der Waals surface area contributed by atoms with Crippen molar-refractivity contribution < 1.29 is 9.50 Å². The third kappa shape index (κ3) is 3.46. The zero-order chi connectivity index (χ0) is 13.9. The van der Waals surface area contributed by atoms with Gasteiger partial charge in [-0.2, -0.15) is 0 Å². The molecule has 0 aliphatic rings. The smallest absolute Gasteiger partial charge is 0.147 e. The first-order valence-corrected chi connectivity index (χ1v) is 6.34. The van der Waals surface area contributed by atoms with Crippen LogP contribution in [-0.4, -0.2) is 11.7 Å². The number of hydrogen-bond donors (Lipinski definition) is 2. The van der Waals surface area contributed by atoms with Crippen molar-refractivity contribution in [2.24, 2.45) is 0 Å². The van der Waals surface area contributed by atoms with Gasteiger partial charge in [0.15, 0.2) is 0 Å². The highest BCUT2D eigenvalue weighted by Crippen LogP contribution is 2.23. The van der Waals surface area contributed by atoms with E-state index in [9.17, 15) is 9.50 Å². The van der Waals surface area contributed by atoms with Crippen molar-refractivity contribution >= 4 is 17.3 Å². The maximum atomic E-state index is 13.6. The van der Waals surface area contributed by atoms with Crippen LogP contribution in [0.2, 0.25) is 5.02 Å². The van der Waals surface area contributed by atoms with Crippen molar-refractivity contribution in [2.75, 3.05) is 11.9 Å². The fraction of sp³-hybridized carbons (Fsp3) is 0.200. The lowest BCUT2D eigenvalue weighted by Crippen LogP contribution is -2.30. The molecule has 0 fully saturated rings. The van der Waals surface area contributed by atoms with Crippen LogP contribution in [0, 0.1) is 5.82 Å². The van der Waals surface area contributed by atoms with Crippen LogP contribution in [0.15, 0.2) is 48.5 Å². The van der Waals surface area contributed by atoms with Crippen molar-refractivity contribution in [2.45, 2.75) is 12.5 Å². The van der Waals surface area contributed by atoms with Crippen LogP contribution < -0.4 is 5.32 Å². The predicted molar refractivity (Wildman–Crippen MR) is 75.9 cm³/mol. The van der Waals surface area contributed by atoms with E-state index in [1.54, 1.807) is 19.1 Å². The Morgan fingerprint density at radius 2 is 1.89 bits per heavy atom. The average molecular weight is 280 g/mol. The molecule has 0 amide bonds. The normalized spacial score (nSPS) is 13.9. The zero-order valence-electron chi connectivity index (χ0n) is 10.5. The Morgan fingerprint density at radius 1 is 1.21 bits per heavy atom. The summed E-state index contributed by atoms with van der Waals surface area (Å²) in [6.07, 6.45) is 0. The van der Waals surface area contributed by atoms with Crippen molar-refractivity contribution in [3.05, 3.63) is 64.9 Å². The minimum absolute atomic E-state index is 0.204. The van der Waals surface area contributed by atoms with Crippen molar-refractivity contribution in [1.82, 2.24) is 0 Å². The number of benzene rings is 2. The number of anilines is 1. The van der Waals surface area contributed by atoms with Gasteiger partial charge in [0.2, 0.25) is 0 Å². The zero-order valence-corrected chi connectivity index (χ0v) is 11.3. The second kappa shape index (κ2) is 5.59. The summed E-state index contributed by atoms with van der Waals surface area (Å²) in [6.45, 7) is 1.89. The first kappa shape index (κ1) is 13.8. The number of nitrogens with one attached hydrogen (secondary N) is 1. The minimum atomic E-state index is -1.08. The maximum Gasteiger partial charge on any atom is 0.147 e. The van der Waals surface area contributed by atoms with E-state index < -0.39 is 11.4 Å². The summed E-state index contributed by atoms with van der Waals surface area (Å²) < 4.78 is 13.6. The quantitative estimate of drug-likeness (QED) is 0.892. The van der Waals surface area contributed by atoms with Gasteiger partial charge in [-0.05, 0) is 30.7 Å². The van der Waals surface area contributed by atoms with E-state index in [4.69, 9.17) is 11.6 Å². The number of rotatable bonds is 4. The third-order valence-electron chi connectivity index (χ3n) is 2.95. The van der Waals surface area contributed by atoms with Gasteiger partial charge in [0.25, 0.3) is 0 Å². The Bertz CT molecular complexity index is 557. The van der Waals surface area contributed by atoms with Gasteiger partial charge in [-0.1, -0.05) is 41.9 Å². The summed E-state index contributed by atoms with van der Waals surface area (Å²) in [5.74, 6) is -0.434. The lowest BCUT2D eigenvalue weighted by Gasteiger charge is -2.25. The molecular weight excluding hydrogens is 265 g/mol. The Labute approximate surface area is 116 Å². The van der Waals surface area contributed by atoms with Crippen molar-refractivity contribution in [3.63, 3.8) is 0 Å². The summed E-state index contributed by atoms with van der Waals surface area (Å²) in [4.78, 5) is 0. The first-order valence-electron chi connectivity index (χ1n) is 5.96. The van der Waals surface area contributed by atoms with Crippen LogP contribution in [0.25, 0.3) is 0 Å². The molecule has 2 nitrogen and oxygen atoms in total. The topological polar surface area (TPSA) is 32.3 Å². The largest absolute Gasteiger partial charge is 0.384 e. The van der Waals surface area contributed by atoms with E-state index in [0.717, 1.165) is 5.56 Å². The third-order valence-corrected chi connectivity index (χ3v) is 3.18. The fourth-order valence-corrected chi connectivity index (χ4v) is 1.96. The van der Waals surface area contributed by atoms with Crippen LogP contribution in [0.5, 0.6) is 0 Å². The summed E-state index contributed by atoms with van der Waals surface area (Å²) in [7, 11) is 0. The number of aliphatic hydroxyl groups is 1. The molecule has 2 N–H and O–H groups in total. The molecular formula is C15H15ClFNO. The van der Waals surface area contributed by atoms with Gasteiger partial charge in [0.05, 0.1) is 5.69 Å². The highest BCUT2D eigenvalue weighted by Gasteiger charge is 2.22. The van der Waals surface area contributed by atoms with E-state index >= 15 is 0 Å². The van der Waals surface area contributed by atoms with Crippen LogP contribution in [0.3, 0.4) is 0 Å². The molecule has 0 aliphatic carbocycles. The molecule has 0 bridgehead atoms. The molecule has 0 aromatic heterocycles. The molecule has 0 spiro atoms. The van der Waals surface area contributed by atoms with Crippen LogP contribution in [0.1, 0.15) is 12.5 Å². The van der Waals surface area contributed by atoms with E-state index in [1.165, 1.54) is 6.07 Å². The lowest BCUT2D eigenvalue weighted by molar-refractivity contribution is 0.0715. The molecule has 2 rings (SSSR count). The summed E-state index contributed by atoms with van der Waals surface area (Å²) in [6, 6.07) is 13.6. The SMILES string of the molecule is CC(O)(CNc1ccc(Cl)cc1F)c1ccccc1. The summed E-state index contributed by atoms with van der Waals surface area (Å²) in [5, 5.41) is 13.6. The van der Waals surface area contributed by atoms with Crippen LogP contribution in [-0.2, 0) is 5.60 Å². The molecule has 0 radical (unpaired) electrons. The molecule has 0 saturated heterocycles. The Kier molecular flexibility index (Phi) is 4.08. The average Bonchev–Trinajstić information content (AvgIpc) is 2.39. The second-order valence-corrected chi connectivity index (χ2v) is 5.05. The summed E-state index contributed by atoms with van der Waals surface area (Å²) in [5.41, 5.74) is 0.0188. The monoisotopic (exact) mass is 279 g/mol. The van der Waals surface area contributed by atoms with Gasteiger partial charge in [0, 0.05) is 11.6 Å². The summed E-state index contributed by atoms with van der Waals surface area (Å²) >= 11 is 5.69. The van der Waals surface area contributed by atoms with E-state index in [0.29, 0.717) is 10.7 Å². The van der Waals surface area contributed by atoms with Crippen LogP contribution in [0.4, 0.5) is 10.1 Å². The molecule has 0 aliphatic heterocycles. The molecule has 1 unspecified atom stereocenters. The van der Waals surface area contributed by atoms with Gasteiger partial charge in [0.1, 0.15) is 11.4 Å². The van der Waals surface area contributed by atoms with Gasteiger partial charge in [-0.3, -0.25) is 0 Å². The molecule has 4 heteroatoms. The second-order valence-electron chi connectivity index (χ2n) is 4.62. The maximum absolute atomic E-state index is 13.6. The molecule has 19 heavy (non-hydrogen) atoms. The molecule has 2 aromatic carbocycles. The van der Waals surface area contributed by atoms with Crippen molar-refractivity contribution in [3.8, 4) is 0 Å². The molecule has 100 valence electrons. The molecule has 0 saturated carbocycles. The molecule has 0 heterocycles. The van der Waals surface area contributed by atoms with Gasteiger partial charge >= 0.3 is 0 Å². The first-order chi connectivity index (χ1) is 8.99. The van der Waals surface area contributed by atoms with E-state index in [1.807, 2.05) is 30.3 Å². The lowest BCUT2D eigenvalue weighted by atomic mass is 9.96. The Hall–Kier alpha value is -1.58. The fourth-order valence-electron chi connectivity index (χ4n) is 1.80. The Morgan fingerprint density at radius 3 is 2.53 bits per heavy atom. The predicted octanol–water partition coefficient (Wildman–Crippen LogP) is 3.80. The number of hydrogen-bond acceptors (Lipinski definition) is 2. The minimum Gasteiger partial charge on any atom is -0.384 e.